The molecule has 0 heterocycles. The Bertz CT molecular complexity index is 333. The topological polar surface area (TPSA) is 47.8 Å². The molecule has 14 heavy (non-hydrogen) atoms. The molecular formula is C11H15N3. The van der Waals surface area contributed by atoms with Crippen LogP contribution in [-0.4, -0.2) is 5.54 Å². The zero-order valence-electron chi connectivity index (χ0n) is 8.76. The average Bonchev–Trinajstić information content (AvgIpc) is 2.17. The van der Waals surface area contributed by atoms with Gasteiger partial charge in [-0.2, -0.15) is 5.26 Å². The number of hydrazine groups is 1. The van der Waals surface area contributed by atoms with E-state index in [4.69, 9.17) is 5.26 Å². The van der Waals surface area contributed by atoms with Crippen molar-refractivity contribution in [1.82, 2.24) is 5.43 Å². The van der Waals surface area contributed by atoms with Crippen LogP contribution in [0.25, 0.3) is 0 Å². The van der Waals surface area contributed by atoms with Crippen molar-refractivity contribution in [3.63, 3.8) is 0 Å². The second-order valence-electron chi connectivity index (χ2n) is 3.85. The molecule has 3 heteroatoms. The zero-order chi connectivity index (χ0) is 10.6. The van der Waals surface area contributed by atoms with Crippen molar-refractivity contribution in [2.24, 2.45) is 0 Å². The first-order valence-corrected chi connectivity index (χ1v) is 4.54. The Kier molecular flexibility index (Phi) is 3.10. The highest BCUT2D eigenvalue weighted by atomic mass is 15.4. The summed E-state index contributed by atoms with van der Waals surface area (Å²) in [5.41, 5.74) is 7.53. The summed E-state index contributed by atoms with van der Waals surface area (Å²) in [7, 11) is 0. The Morgan fingerprint density at radius 2 is 1.79 bits per heavy atom. The third-order valence-electron chi connectivity index (χ3n) is 1.85. The smallest absolute Gasteiger partial charge is 0.118 e. The molecule has 0 amide bonds. The van der Waals surface area contributed by atoms with E-state index in [-0.39, 0.29) is 0 Å². The van der Waals surface area contributed by atoms with Gasteiger partial charge in [0.15, 0.2) is 0 Å². The number of hydrogen-bond donors (Lipinski definition) is 2. The van der Waals surface area contributed by atoms with E-state index in [1.165, 1.54) is 5.56 Å². The quantitative estimate of drug-likeness (QED) is 0.717. The maximum atomic E-state index is 8.76. The van der Waals surface area contributed by atoms with Gasteiger partial charge in [-0.25, -0.2) is 5.43 Å². The van der Waals surface area contributed by atoms with Crippen molar-refractivity contribution in [2.45, 2.75) is 26.3 Å². The van der Waals surface area contributed by atoms with Crippen LogP contribution in [-0.2, 0) is 0 Å². The number of benzene rings is 1. The Morgan fingerprint density at radius 1 is 1.21 bits per heavy atom. The van der Waals surface area contributed by atoms with Gasteiger partial charge in [-0.1, -0.05) is 17.7 Å². The van der Waals surface area contributed by atoms with Gasteiger partial charge >= 0.3 is 0 Å². The van der Waals surface area contributed by atoms with Crippen molar-refractivity contribution in [3.8, 4) is 6.07 Å². The minimum absolute atomic E-state index is 0.565. The van der Waals surface area contributed by atoms with Gasteiger partial charge in [0.1, 0.15) is 5.54 Å². The van der Waals surface area contributed by atoms with Gasteiger partial charge in [0, 0.05) is 5.69 Å². The molecule has 0 aliphatic heterocycles. The molecule has 1 aromatic carbocycles. The summed E-state index contributed by atoms with van der Waals surface area (Å²) in [5, 5.41) is 8.76. The van der Waals surface area contributed by atoms with Crippen LogP contribution in [0.5, 0.6) is 0 Å². The van der Waals surface area contributed by atoms with Gasteiger partial charge in [-0.15, -0.1) is 0 Å². The molecule has 74 valence electrons. The van der Waals surface area contributed by atoms with Crippen LogP contribution >= 0.6 is 0 Å². The third-order valence-corrected chi connectivity index (χ3v) is 1.85. The molecule has 2 N–H and O–H groups in total. The zero-order valence-corrected chi connectivity index (χ0v) is 8.76. The van der Waals surface area contributed by atoms with E-state index in [1.807, 2.05) is 45.0 Å². The molecule has 0 fully saturated rings. The summed E-state index contributed by atoms with van der Waals surface area (Å²) in [6.45, 7) is 5.67. The highest BCUT2D eigenvalue weighted by molar-refractivity contribution is 5.43. The largest absolute Gasteiger partial charge is 0.320 e. The minimum atomic E-state index is -0.565. The van der Waals surface area contributed by atoms with E-state index < -0.39 is 5.54 Å². The number of hydrogen-bond acceptors (Lipinski definition) is 3. The standard InChI is InChI=1S/C11H15N3/c1-9-4-6-10(7-5-9)13-14-11(2,3)8-12/h4-7,13-14H,1-3H3. The van der Waals surface area contributed by atoms with Crippen LogP contribution in [0.15, 0.2) is 24.3 Å². The molecule has 0 saturated heterocycles. The van der Waals surface area contributed by atoms with Crippen molar-refractivity contribution < 1.29 is 0 Å². The predicted octanol–water partition coefficient (Wildman–Crippen LogP) is 2.21. The molecule has 0 saturated carbocycles. The molecule has 0 radical (unpaired) electrons. The normalized spacial score (nSPS) is 10.7. The Hall–Kier alpha value is -1.53. The summed E-state index contributed by atoms with van der Waals surface area (Å²) in [4.78, 5) is 0. The molecular weight excluding hydrogens is 174 g/mol. The molecule has 1 rings (SSSR count). The summed E-state index contributed by atoms with van der Waals surface area (Å²) in [6, 6.07) is 10.1. The van der Waals surface area contributed by atoms with Gasteiger partial charge in [0.05, 0.1) is 6.07 Å². The fourth-order valence-corrected chi connectivity index (χ4v) is 0.893. The van der Waals surface area contributed by atoms with Gasteiger partial charge in [0.25, 0.3) is 0 Å². The van der Waals surface area contributed by atoms with Crippen LogP contribution in [0, 0.1) is 18.3 Å². The van der Waals surface area contributed by atoms with Crippen LogP contribution in [0.3, 0.4) is 0 Å². The fourth-order valence-electron chi connectivity index (χ4n) is 0.893. The average molecular weight is 189 g/mol. The fraction of sp³-hybridized carbons (Fsp3) is 0.364. The van der Waals surface area contributed by atoms with Gasteiger partial charge < -0.3 is 5.43 Å². The van der Waals surface area contributed by atoms with Gasteiger partial charge in [-0.05, 0) is 32.9 Å². The monoisotopic (exact) mass is 189 g/mol. The lowest BCUT2D eigenvalue weighted by Crippen LogP contribution is -2.41. The second kappa shape index (κ2) is 4.12. The molecule has 1 aromatic rings. The minimum Gasteiger partial charge on any atom is -0.320 e. The summed E-state index contributed by atoms with van der Waals surface area (Å²) >= 11 is 0. The van der Waals surface area contributed by atoms with Crippen molar-refractivity contribution in [3.05, 3.63) is 29.8 Å². The van der Waals surface area contributed by atoms with Crippen LogP contribution in [0.1, 0.15) is 19.4 Å². The van der Waals surface area contributed by atoms with Crippen LogP contribution < -0.4 is 10.9 Å². The summed E-state index contributed by atoms with van der Waals surface area (Å²) in [5.74, 6) is 0. The molecule has 0 bridgehead atoms. The molecule has 0 aliphatic carbocycles. The van der Waals surface area contributed by atoms with Gasteiger partial charge in [0.2, 0.25) is 0 Å². The maximum Gasteiger partial charge on any atom is 0.118 e. The lowest BCUT2D eigenvalue weighted by atomic mass is 10.1. The van der Waals surface area contributed by atoms with E-state index >= 15 is 0 Å². The first-order valence-electron chi connectivity index (χ1n) is 4.54. The summed E-state index contributed by atoms with van der Waals surface area (Å²) < 4.78 is 0. The molecule has 3 nitrogen and oxygen atoms in total. The second-order valence-corrected chi connectivity index (χ2v) is 3.85. The van der Waals surface area contributed by atoms with Crippen LogP contribution in [0.2, 0.25) is 0 Å². The highest BCUT2D eigenvalue weighted by Gasteiger charge is 2.14. The lowest BCUT2D eigenvalue weighted by Gasteiger charge is -2.19. The number of rotatable bonds is 3. The molecule has 0 spiro atoms. The SMILES string of the molecule is Cc1ccc(NNC(C)(C)C#N)cc1. The van der Waals surface area contributed by atoms with E-state index in [1.54, 1.807) is 0 Å². The molecule has 0 aromatic heterocycles. The maximum absolute atomic E-state index is 8.76. The van der Waals surface area contributed by atoms with Crippen LogP contribution in [0.4, 0.5) is 5.69 Å². The number of nitrogens with one attached hydrogen (secondary N) is 2. The van der Waals surface area contributed by atoms with Gasteiger partial charge in [-0.3, -0.25) is 0 Å². The molecule has 0 atom stereocenters. The predicted molar refractivity (Wildman–Crippen MR) is 57.6 cm³/mol. The highest BCUT2D eigenvalue weighted by Crippen LogP contribution is 2.08. The number of nitriles is 1. The van der Waals surface area contributed by atoms with E-state index in [0.29, 0.717) is 0 Å². The first-order chi connectivity index (χ1) is 6.53. The van der Waals surface area contributed by atoms with Crippen molar-refractivity contribution in [1.29, 1.82) is 5.26 Å². The lowest BCUT2D eigenvalue weighted by molar-refractivity contribution is 0.536. The van der Waals surface area contributed by atoms with Crippen molar-refractivity contribution in [2.75, 3.05) is 5.43 Å². The number of anilines is 1. The van der Waals surface area contributed by atoms with Crippen molar-refractivity contribution >= 4 is 5.69 Å². The molecule has 0 aliphatic rings. The van der Waals surface area contributed by atoms with E-state index in [9.17, 15) is 0 Å². The molecule has 0 unspecified atom stereocenters. The Balaban J connectivity index is 2.55. The number of nitrogens with zero attached hydrogens (tertiary/aromatic N) is 1. The third kappa shape index (κ3) is 3.08. The summed E-state index contributed by atoms with van der Waals surface area (Å²) in [6.07, 6.45) is 0. The first kappa shape index (κ1) is 10.6. The Labute approximate surface area is 84.7 Å². The van der Waals surface area contributed by atoms with E-state index in [2.05, 4.69) is 16.9 Å². The Morgan fingerprint density at radius 3 is 2.29 bits per heavy atom. The number of aryl methyl sites for hydroxylation is 1. The van der Waals surface area contributed by atoms with E-state index in [0.717, 1.165) is 5.69 Å².